The first-order chi connectivity index (χ1) is 6.77. The molecule has 0 saturated carbocycles. The fourth-order valence-electron chi connectivity index (χ4n) is 2.21. The van der Waals surface area contributed by atoms with Crippen molar-refractivity contribution in [2.45, 2.75) is 44.8 Å². The van der Waals surface area contributed by atoms with Gasteiger partial charge in [-0.15, -0.1) is 0 Å². The Hall–Kier alpha value is -0.120. The topological polar surface area (TPSA) is 35.5 Å². The summed E-state index contributed by atoms with van der Waals surface area (Å²) >= 11 is 0. The average Bonchev–Trinajstić information content (AvgIpc) is 2.21. The zero-order valence-corrected chi connectivity index (χ0v) is 9.50. The lowest BCUT2D eigenvalue weighted by Gasteiger charge is -2.35. The molecule has 0 aromatic carbocycles. The predicted octanol–water partition coefficient (Wildman–Crippen LogP) is 0.831. The first-order valence-electron chi connectivity index (χ1n) is 5.84. The molecular weight excluding hydrogens is 176 g/mol. The Bertz CT molecular complexity index is 141. The highest BCUT2D eigenvalue weighted by molar-refractivity contribution is 4.77. The SMILES string of the molecule is CCC(CCNC)N1CCC(O)CC1. The Morgan fingerprint density at radius 2 is 2.07 bits per heavy atom. The van der Waals surface area contributed by atoms with Crippen LogP contribution in [0.4, 0.5) is 0 Å². The second-order valence-corrected chi connectivity index (χ2v) is 4.22. The molecule has 0 radical (unpaired) electrons. The summed E-state index contributed by atoms with van der Waals surface area (Å²) in [6.07, 6.45) is 4.31. The van der Waals surface area contributed by atoms with Crippen molar-refractivity contribution in [3.8, 4) is 0 Å². The molecule has 0 aromatic rings. The largest absolute Gasteiger partial charge is 0.393 e. The third kappa shape index (κ3) is 3.56. The molecule has 0 spiro atoms. The van der Waals surface area contributed by atoms with Crippen molar-refractivity contribution in [3.05, 3.63) is 0 Å². The Morgan fingerprint density at radius 1 is 1.43 bits per heavy atom. The Labute approximate surface area is 87.5 Å². The van der Waals surface area contributed by atoms with Gasteiger partial charge in [0.25, 0.3) is 0 Å². The second kappa shape index (κ2) is 6.38. The molecule has 1 fully saturated rings. The minimum absolute atomic E-state index is 0.0481. The number of aliphatic hydroxyl groups is 1. The molecule has 3 nitrogen and oxygen atoms in total. The Balaban J connectivity index is 2.29. The van der Waals surface area contributed by atoms with Crippen LogP contribution in [0.2, 0.25) is 0 Å². The van der Waals surface area contributed by atoms with Crippen molar-refractivity contribution >= 4 is 0 Å². The van der Waals surface area contributed by atoms with E-state index in [1.807, 2.05) is 7.05 Å². The van der Waals surface area contributed by atoms with Crippen molar-refractivity contribution < 1.29 is 5.11 Å². The molecule has 14 heavy (non-hydrogen) atoms. The van der Waals surface area contributed by atoms with E-state index in [0.29, 0.717) is 6.04 Å². The van der Waals surface area contributed by atoms with Crippen LogP contribution in [0.25, 0.3) is 0 Å². The Kier molecular flexibility index (Phi) is 5.45. The highest BCUT2D eigenvalue weighted by Crippen LogP contribution is 2.16. The lowest BCUT2D eigenvalue weighted by Crippen LogP contribution is -2.43. The molecule has 84 valence electrons. The zero-order valence-electron chi connectivity index (χ0n) is 9.50. The number of rotatable bonds is 5. The molecule has 1 aliphatic heterocycles. The van der Waals surface area contributed by atoms with Crippen LogP contribution in [0.5, 0.6) is 0 Å². The summed E-state index contributed by atoms with van der Waals surface area (Å²) in [6.45, 7) is 5.50. The third-order valence-electron chi connectivity index (χ3n) is 3.21. The molecule has 3 heteroatoms. The van der Waals surface area contributed by atoms with Gasteiger partial charge in [-0.05, 0) is 39.3 Å². The van der Waals surface area contributed by atoms with Crippen LogP contribution in [0.3, 0.4) is 0 Å². The second-order valence-electron chi connectivity index (χ2n) is 4.22. The number of aliphatic hydroxyl groups excluding tert-OH is 1. The highest BCUT2D eigenvalue weighted by atomic mass is 16.3. The minimum atomic E-state index is -0.0481. The molecule has 2 N–H and O–H groups in total. The van der Waals surface area contributed by atoms with Gasteiger partial charge in [-0.3, -0.25) is 0 Å². The highest BCUT2D eigenvalue weighted by Gasteiger charge is 2.22. The Morgan fingerprint density at radius 3 is 2.57 bits per heavy atom. The summed E-state index contributed by atoms with van der Waals surface area (Å²) in [5, 5.41) is 12.6. The van der Waals surface area contributed by atoms with Gasteiger partial charge in [0, 0.05) is 19.1 Å². The van der Waals surface area contributed by atoms with Gasteiger partial charge < -0.3 is 15.3 Å². The van der Waals surface area contributed by atoms with Crippen molar-refractivity contribution in [2.24, 2.45) is 0 Å². The maximum absolute atomic E-state index is 9.42. The summed E-state index contributed by atoms with van der Waals surface area (Å²) in [4.78, 5) is 2.53. The van der Waals surface area contributed by atoms with Gasteiger partial charge in [-0.25, -0.2) is 0 Å². The van der Waals surface area contributed by atoms with Crippen LogP contribution in [0, 0.1) is 0 Å². The molecule has 1 atom stereocenters. The maximum atomic E-state index is 9.42. The van der Waals surface area contributed by atoms with Gasteiger partial charge in [0.1, 0.15) is 0 Å². The number of nitrogens with zero attached hydrogens (tertiary/aromatic N) is 1. The van der Waals surface area contributed by atoms with Crippen LogP contribution in [0.15, 0.2) is 0 Å². The maximum Gasteiger partial charge on any atom is 0.0564 e. The predicted molar refractivity (Wildman–Crippen MR) is 59.4 cm³/mol. The summed E-state index contributed by atoms with van der Waals surface area (Å²) in [7, 11) is 2.01. The van der Waals surface area contributed by atoms with E-state index in [9.17, 15) is 5.11 Å². The lowest BCUT2D eigenvalue weighted by molar-refractivity contribution is 0.0575. The number of hydrogen-bond donors (Lipinski definition) is 2. The lowest BCUT2D eigenvalue weighted by atomic mass is 10.0. The molecule has 0 amide bonds. The monoisotopic (exact) mass is 200 g/mol. The number of hydrogen-bond acceptors (Lipinski definition) is 3. The molecule has 0 aromatic heterocycles. The first-order valence-corrected chi connectivity index (χ1v) is 5.84. The standard InChI is InChI=1S/C11H24N2O/c1-3-10(4-7-12-2)13-8-5-11(14)6-9-13/h10-12,14H,3-9H2,1-2H3. The average molecular weight is 200 g/mol. The van der Waals surface area contributed by atoms with E-state index in [0.717, 1.165) is 32.5 Å². The van der Waals surface area contributed by atoms with Crippen molar-refractivity contribution in [1.29, 1.82) is 0 Å². The smallest absolute Gasteiger partial charge is 0.0564 e. The van der Waals surface area contributed by atoms with Crippen molar-refractivity contribution in [3.63, 3.8) is 0 Å². The summed E-state index contributed by atoms with van der Waals surface area (Å²) < 4.78 is 0. The van der Waals surface area contributed by atoms with Gasteiger partial charge >= 0.3 is 0 Å². The van der Waals surface area contributed by atoms with Crippen LogP contribution >= 0.6 is 0 Å². The molecule has 1 saturated heterocycles. The quantitative estimate of drug-likeness (QED) is 0.690. The van der Waals surface area contributed by atoms with Crippen LogP contribution < -0.4 is 5.32 Å². The van der Waals surface area contributed by atoms with Crippen LogP contribution in [-0.2, 0) is 0 Å². The molecule has 0 bridgehead atoms. The van der Waals surface area contributed by atoms with Crippen LogP contribution in [-0.4, -0.2) is 48.8 Å². The van der Waals surface area contributed by atoms with E-state index >= 15 is 0 Å². The van der Waals surface area contributed by atoms with Gasteiger partial charge in [-0.1, -0.05) is 6.92 Å². The molecule has 1 aliphatic rings. The van der Waals surface area contributed by atoms with Crippen molar-refractivity contribution in [2.75, 3.05) is 26.7 Å². The summed E-state index contributed by atoms with van der Waals surface area (Å²) in [5.74, 6) is 0. The number of piperidine rings is 1. The fraction of sp³-hybridized carbons (Fsp3) is 1.00. The number of likely N-dealkylation sites (tertiary alicyclic amines) is 1. The molecule has 0 aliphatic carbocycles. The van der Waals surface area contributed by atoms with E-state index in [-0.39, 0.29) is 6.10 Å². The normalized spacial score (nSPS) is 22.5. The van der Waals surface area contributed by atoms with E-state index in [1.165, 1.54) is 12.8 Å². The molecule has 1 rings (SSSR count). The zero-order chi connectivity index (χ0) is 10.4. The van der Waals surface area contributed by atoms with Gasteiger partial charge in [-0.2, -0.15) is 0 Å². The number of nitrogens with one attached hydrogen (secondary N) is 1. The van der Waals surface area contributed by atoms with E-state index in [1.54, 1.807) is 0 Å². The van der Waals surface area contributed by atoms with E-state index < -0.39 is 0 Å². The van der Waals surface area contributed by atoms with Gasteiger partial charge in [0.2, 0.25) is 0 Å². The summed E-state index contributed by atoms with van der Waals surface area (Å²) in [5.41, 5.74) is 0. The van der Waals surface area contributed by atoms with Crippen molar-refractivity contribution in [1.82, 2.24) is 10.2 Å². The molecular formula is C11H24N2O. The molecule has 1 heterocycles. The fourth-order valence-corrected chi connectivity index (χ4v) is 2.21. The summed E-state index contributed by atoms with van der Waals surface area (Å²) in [6, 6.07) is 0.704. The van der Waals surface area contributed by atoms with E-state index in [2.05, 4.69) is 17.1 Å². The van der Waals surface area contributed by atoms with Gasteiger partial charge in [0.15, 0.2) is 0 Å². The van der Waals surface area contributed by atoms with Crippen LogP contribution in [0.1, 0.15) is 32.6 Å². The first kappa shape index (κ1) is 12.0. The van der Waals surface area contributed by atoms with Gasteiger partial charge in [0.05, 0.1) is 6.10 Å². The minimum Gasteiger partial charge on any atom is -0.393 e. The third-order valence-corrected chi connectivity index (χ3v) is 3.21. The molecule has 1 unspecified atom stereocenters. The van der Waals surface area contributed by atoms with E-state index in [4.69, 9.17) is 0 Å².